The van der Waals surface area contributed by atoms with Crippen molar-refractivity contribution in [2.75, 3.05) is 0 Å². The molecule has 1 aromatic rings. The monoisotopic (exact) mass is 165 g/mol. The summed E-state index contributed by atoms with van der Waals surface area (Å²) in [6.07, 6.45) is 3.25. The highest BCUT2D eigenvalue weighted by molar-refractivity contribution is 5.57. The van der Waals surface area contributed by atoms with Crippen molar-refractivity contribution in [3.8, 4) is 0 Å². The standard InChI is InChI=1S/C8H11N3O/c1-4-9-5-7-6(2)10-8(12)11(7)3/h4-5H,2H2,1,3H3,(H,10,12)/b7-5+,9-4?. The number of H-pyrrole nitrogens is 1. The lowest BCUT2D eigenvalue weighted by atomic mass is 10.6. The fraction of sp³-hybridized carbons (Fsp3) is 0.250. The van der Waals surface area contributed by atoms with Crippen LogP contribution in [0.25, 0.3) is 12.8 Å². The van der Waals surface area contributed by atoms with Crippen molar-refractivity contribution in [2.45, 2.75) is 6.92 Å². The third-order valence-corrected chi connectivity index (χ3v) is 1.58. The maximum absolute atomic E-state index is 11.0. The highest BCUT2D eigenvalue weighted by Gasteiger charge is 1.93. The van der Waals surface area contributed by atoms with Crippen LogP contribution in [-0.4, -0.2) is 15.8 Å². The Hall–Kier alpha value is -1.58. The summed E-state index contributed by atoms with van der Waals surface area (Å²) in [5.41, 5.74) is -0.169. The van der Waals surface area contributed by atoms with Crippen LogP contribution in [0.3, 0.4) is 0 Å². The van der Waals surface area contributed by atoms with E-state index in [1.165, 1.54) is 4.57 Å². The van der Waals surface area contributed by atoms with Crippen LogP contribution in [0.1, 0.15) is 6.92 Å². The minimum atomic E-state index is -0.169. The molecule has 4 heteroatoms. The van der Waals surface area contributed by atoms with E-state index >= 15 is 0 Å². The second kappa shape index (κ2) is 3.21. The number of hydrogen-bond donors (Lipinski definition) is 1. The van der Waals surface area contributed by atoms with Gasteiger partial charge in [-0.15, -0.1) is 0 Å². The first kappa shape index (κ1) is 8.52. The third-order valence-electron chi connectivity index (χ3n) is 1.58. The lowest BCUT2D eigenvalue weighted by Gasteiger charge is -1.84. The van der Waals surface area contributed by atoms with Gasteiger partial charge < -0.3 is 4.98 Å². The van der Waals surface area contributed by atoms with Crippen LogP contribution >= 0.6 is 0 Å². The molecule has 0 saturated carbocycles. The molecule has 0 unspecified atom stereocenters. The Bertz CT molecular complexity index is 450. The van der Waals surface area contributed by atoms with E-state index in [-0.39, 0.29) is 5.69 Å². The average Bonchev–Trinajstić information content (AvgIpc) is 2.25. The molecular weight excluding hydrogens is 154 g/mol. The molecule has 0 amide bonds. The first-order valence-corrected chi connectivity index (χ1v) is 3.58. The zero-order chi connectivity index (χ0) is 9.14. The van der Waals surface area contributed by atoms with Gasteiger partial charge in [-0.25, -0.2) is 4.79 Å². The van der Waals surface area contributed by atoms with E-state index in [2.05, 4.69) is 16.6 Å². The van der Waals surface area contributed by atoms with Crippen molar-refractivity contribution in [1.82, 2.24) is 9.55 Å². The summed E-state index contributed by atoms with van der Waals surface area (Å²) in [5.74, 6) is 0. The second-order valence-corrected chi connectivity index (χ2v) is 2.39. The fourth-order valence-corrected chi connectivity index (χ4v) is 0.898. The van der Waals surface area contributed by atoms with Crippen molar-refractivity contribution in [3.63, 3.8) is 0 Å². The van der Waals surface area contributed by atoms with Gasteiger partial charge in [0.2, 0.25) is 0 Å². The number of rotatable bonds is 1. The summed E-state index contributed by atoms with van der Waals surface area (Å²) >= 11 is 0. The molecule has 0 aliphatic heterocycles. The van der Waals surface area contributed by atoms with E-state index in [1.807, 2.05) is 6.92 Å². The van der Waals surface area contributed by atoms with Crippen LogP contribution in [0.5, 0.6) is 0 Å². The predicted octanol–water partition coefficient (Wildman–Crippen LogP) is -1.05. The van der Waals surface area contributed by atoms with Gasteiger partial charge in [0.1, 0.15) is 0 Å². The normalized spacial score (nSPS) is 13.0. The Balaban J connectivity index is 3.53. The molecule has 0 spiro atoms. The van der Waals surface area contributed by atoms with E-state index in [0.29, 0.717) is 10.7 Å². The number of nitrogens with zero attached hydrogens (tertiary/aromatic N) is 2. The summed E-state index contributed by atoms with van der Waals surface area (Å²) in [5, 5.41) is 1.30. The third kappa shape index (κ3) is 1.37. The van der Waals surface area contributed by atoms with Crippen LogP contribution in [0.4, 0.5) is 0 Å². The zero-order valence-corrected chi connectivity index (χ0v) is 7.16. The van der Waals surface area contributed by atoms with Crippen molar-refractivity contribution < 1.29 is 0 Å². The van der Waals surface area contributed by atoms with E-state index in [1.54, 1.807) is 19.5 Å². The van der Waals surface area contributed by atoms with Gasteiger partial charge in [-0.3, -0.25) is 9.56 Å². The molecule has 0 saturated heterocycles. The molecule has 1 heterocycles. The minimum absolute atomic E-state index is 0.169. The number of aromatic amines is 1. The van der Waals surface area contributed by atoms with E-state index in [4.69, 9.17) is 0 Å². The SMILES string of the molecule is C=c1[nH]c(=O)n(C)/c1=C/N=CC. The van der Waals surface area contributed by atoms with Crippen LogP contribution in [0, 0.1) is 0 Å². The number of hydrogen-bond acceptors (Lipinski definition) is 2. The maximum atomic E-state index is 11.0. The minimum Gasteiger partial charge on any atom is -0.306 e. The molecule has 1 N–H and O–H groups in total. The summed E-state index contributed by atoms with van der Waals surface area (Å²) < 4.78 is 1.47. The quantitative estimate of drug-likeness (QED) is 0.530. The molecule has 0 atom stereocenters. The van der Waals surface area contributed by atoms with Crippen LogP contribution in [0.15, 0.2) is 9.79 Å². The van der Waals surface area contributed by atoms with Crippen LogP contribution < -0.4 is 16.4 Å². The van der Waals surface area contributed by atoms with E-state index < -0.39 is 0 Å². The Morgan fingerprint density at radius 1 is 1.67 bits per heavy atom. The van der Waals surface area contributed by atoms with Gasteiger partial charge in [-0.2, -0.15) is 0 Å². The number of aromatic nitrogens is 2. The molecule has 4 nitrogen and oxygen atoms in total. The Morgan fingerprint density at radius 2 is 2.33 bits per heavy atom. The van der Waals surface area contributed by atoms with Crippen molar-refractivity contribution >= 4 is 19.0 Å². The molecule has 64 valence electrons. The molecule has 0 aliphatic carbocycles. The molecule has 0 bridgehead atoms. The zero-order valence-electron chi connectivity index (χ0n) is 7.16. The number of nitrogens with one attached hydrogen (secondary N) is 1. The predicted molar refractivity (Wildman–Crippen MR) is 49.4 cm³/mol. The Kier molecular flexibility index (Phi) is 2.28. The smallest absolute Gasteiger partial charge is 0.306 e. The summed E-state index contributed by atoms with van der Waals surface area (Å²) in [6, 6.07) is 0. The molecule has 0 aliphatic rings. The Morgan fingerprint density at radius 3 is 2.75 bits per heavy atom. The van der Waals surface area contributed by atoms with Gasteiger partial charge in [0.15, 0.2) is 0 Å². The van der Waals surface area contributed by atoms with Crippen molar-refractivity contribution in [3.05, 3.63) is 21.2 Å². The average molecular weight is 165 g/mol. The molecule has 0 aromatic carbocycles. The summed E-state index contributed by atoms with van der Waals surface area (Å²) in [7, 11) is 1.67. The van der Waals surface area contributed by atoms with Gasteiger partial charge in [-0.1, -0.05) is 6.58 Å². The molecule has 0 fully saturated rings. The topological polar surface area (TPSA) is 50.1 Å². The highest BCUT2D eigenvalue weighted by Crippen LogP contribution is 1.63. The van der Waals surface area contributed by atoms with Gasteiger partial charge in [0.25, 0.3) is 0 Å². The first-order chi connectivity index (χ1) is 5.66. The summed E-state index contributed by atoms with van der Waals surface area (Å²) in [4.78, 5) is 17.5. The van der Waals surface area contributed by atoms with Gasteiger partial charge in [-0.05, 0) is 6.92 Å². The van der Waals surface area contributed by atoms with E-state index in [9.17, 15) is 4.79 Å². The largest absolute Gasteiger partial charge is 0.326 e. The van der Waals surface area contributed by atoms with Crippen LogP contribution in [0.2, 0.25) is 0 Å². The van der Waals surface area contributed by atoms with Crippen LogP contribution in [-0.2, 0) is 7.05 Å². The molecule has 1 rings (SSSR count). The van der Waals surface area contributed by atoms with Gasteiger partial charge >= 0.3 is 5.69 Å². The lowest BCUT2D eigenvalue weighted by Crippen LogP contribution is -2.28. The highest BCUT2D eigenvalue weighted by atomic mass is 16.1. The molecule has 1 aromatic heterocycles. The Labute approximate surface area is 69.6 Å². The van der Waals surface area contributed by atoms with Gasteiger partial charge in [0, 0.05) is 13.3 Å². The van der Waals surface area contributed by atoms with Crippen molar-refractivity contribution in [1.29, 1.82) is 0 Å². The molecule has 12 heavy (non-hydrogen) atoms. The lowest BCUT2D eigenvalue weighted by molar-refractivity contribution is 0.834. The fourth-order valence-electron chi connectivity index (χ4n) is 0.898. The van der Waals surface area contributed by atoms with Crippen molar-refractivity contribution in [2.24, 2.45) is 12.0 Å². The number of aliphatic imine (C=N–C) groups is 1. The second-order valence-electron chi connectivity index (χ2n) is 2.39. The summed E-state index contributed by atoms with van der Waals surface area (Å²) in [6.45, 7) is 5.48. The molecule has 0 radical (unpaired) electrons. The maximum Gasteiger partial charge on any atom is 0.326 e. The number of imidazole rings is 1. The molecular formula is C8H11N3O. The van der Waals surface area contributed by atoms with E-state index in [0.717, 1.165) is 0 Å². The van der Waals surface area contributed by atoms with Gasteiger partial charge in [0.05, 0.1) is 16.9 Å². The first-order valence-electron chi connectivity index (χ1n) is 3.58.